The molecule has 1 amide bonds. The maximum Gasteiger partial charge on any atom is 0.325 e. The zero-order chi connectivity index (χ0) is 17.0. The average Bonchev–Trinajstić information content (AvgIpc) is 2.86. The van der Waals surface area contributed by atoms with Gasteiger partial charge in [-0.25, -0.2) is 8.42 Å². The Morgan fingerprint density at radius 3 is 2.43 bits per heavy atom. The van der Waals surface area contributed by atoms with Crippen molar-refractivity contribution < 1.29 is 22.7 Å². The number of sulfone groups is 1. The molecule has 0 aliphatic carbocycles. The predicted octanol–water partition coefficient (Wildman–Crippen LogP) is 0.726. The van der Waals surface area contributed by atoms with Gasteiger partial charge in [0.25, 0.3) is 0 Å². The maximum absolute atomic E-state index is 12.6. The molecule has 0 radical (unpaired) electrons. The lowest BCUT2D eigenvalue weighted by atomic mass is 10.1. The third kappa shape index (κ3) is 4.79. The van der Waals surface area contributed by atoms with E-state index in [1.807, 2.05) is 31.2 Å². The van der Waals surface area contributed by atoms with Crippen LogP contribution in [0.25, 0.3) is 0 Å². The molecule has 23 heavy (non-hydrogen) atoms. The number of ether oxygens (including phenoxy) is 1. The molecule has 1 unspecified atom stereocenters. The molecule has 1 heterocycles. The molecule has 1 aliphatic rings. The smallest absolute Gasteiger partial charge is 0.325 e. The SMILES string of the molecule is COC(=O)CN(C(=O)Cc1ccc(C)cc1)C1CCS(=O)(=O)C1. The largest absolute Gasteiger partial charge is 0.468 e. The lowest BCUT2D eigenvalue weighted by Gasteiger charge is -2.27. The fraction of sp³-hybridized carbons (Fsp3) is 0.500. The molecular formula is C16H21NO5S. The minimum atomic E-state index is -3.14. The maximum atomic E-state index is 12.6. The molecule has 7 heteroatoms. The van der Waals surface area contributed by atoms with Crippen LogP contribution >= 0.6 is 0 Å². The molecule has 2 rings (SSSR count). The molecule has 1 saturated heterocycles. The van der Waals surface area contributed by atoms with E-state index in [-0.39, 0.29) is 30.4 Å². The lowest BCUT2D eigenvalue weighted by molar-refractivity contribution is -0.148. The number of aryl methyl sites for hydroxylation is 1. The molecule has 6 nitrogen and oxygen atoms in total. The van der Waals surface area contributed by atoms with Crippen molar-refractivity contribution in [1.29, 1.82) is 0 Å². The van der Waals surface area contributed by atoms with Gasteiger partial charge in [0.1, 0.15) is 6.54 Å². The highest BCUT2D eigenvalue weighted by Crippen LogP contribution is 2.19. The Bertz CT molecular complexity index is 681. The number of amides is 1. The Morgan fingerprint density at radius 2 is 1.91 bits per heavy atom. The Balaban J connectivity index is 2.13. The number of esters is 1. The summed E-state index contributed by atoms with van der Waals surface area (Å²) < 4.78 is 28.0. The quantitative estimate of drug-likeness (QED) is 0.739. The van der Waals surface area contributed by atoms with Crippen molar-refractivity contribution in [3.8, 4) is 0 Å². The second kappa shape index (κ2) is 7.12. The third-order valence-corrected chi connectivity index (χ3v) is 5.72. The van der Waals surface area contributed by atoms with Crippen molar-refractivity contribution in [2.24, 2.45) is 0 Å². The number of carbonyl (C=O) groups is 2. The summed E-state index contributed by atoms with van der Waals surface area (Å²) in [7, 11) is -1.89. The second-order valence-electron chi connectivity index (χ2n) is 5.82. The van der Waals surface area contributed by atoms with Gasteiger partial charge in [0, 0.05) is 6.04 Å². The molecule has 0 aromatic heterocycles. The van der Waals surface area contributed by atoms with Crippen molar-refractivity contribution in [1.82, 2.24) is 4.90 Å². The molecule has 1 aromatic carbocycles. The van der Waals surface area contributed by atoms with Crippen molar-refractivity contribution in [2.45, 2.75) is 25.8 Å². The molecule has 0 spiro atoms. The number of hydrogen-bond acceptors (Lipinski definition) is 5. The summed E-state index contributed by atoms with van der Waals surface area (Å²) in [5.41, 5.74) is 1.92. The van der Waals surface area contributed by atoms with Crippen LogP contribution in [0.1, 0.15) is 17.5 Å². The first-order valence-electron chi connectivity index (χ1n) is 7.43. The van der Waals surface area contributed by atoms with Crippen LogP contribution in [0.2, 0.25) is 0 Å². The second-order valence-corrected chi connectivity index (χ2v) is 8.05. The van der Waals surface area contributed by atoms with Gasteiger partial charge in [-0.05, 0) is 18.9 Å². The van der Waals surface area contributed by atoms with E-state index in [0.717, 1.165) is 11.1 Å². The van der Waals surface area contributed by atoms with Gasteiger partial charge in [-0.1, -0.05) is 29.8 Å². The van der Waals surface area contributed by atoms with Crippen molar-refractivity contribution >= 4 is 21.7 Å². The van der Waals surface area contributed by atoms with E-state index < -0.39 is 21.8 Å². The van der Waals surface area contributed by atoms with Crippen LogP contribution in [-0.4, -0.2) is 56.4 Å². The highest BCUT2D eigenvalue weighted by Gasteiger charge is 2.35. The number of carbonyl (C=O) groups excluding carboxylic acids is 2. The van der Waals surface area contributed by atoms with E-state index in [0.29, 0.717) is 6.42 Å². The number of rotatable bonds is 5. The highest BCUT2D eigenvalue weighted by atomic mass is 32.2. The van der Waals surface area contributed by atoms with E-state index in [1.165, 1.54) is 12.0 Å². The van der Waals surface area contributed by atoms with Gasteiger partial charge in [0.05, 0.1) is 25.0 Å². The van der Waals surface area contributed by atoms with Crippen LogP contribution in [-0.2, 0) is 30.6 Å². The minimum Gasteiger partial charge on any atom is -0.468 e. The number of nitrogens with zero attached hydrogens (tertiary/aromatic N) is 1. The minimum absolute atomic E-state index is 0.0488. The third-order valence-electron chi connectivity index (χ3n) is 3.97. The van der Waals surface area contributed by atoms with Crippen LogP contribution in [0.4, 0.5) is 0 Å². The summed E-state index contributed by atoms with van der Waals surface area (Å²) >= 11 is 0. The van der Waals surface area contributed by atoms with Gasteiger partial charge in [0.15, 0.2) is 9.84 Å². The molecule has 0 bridgehead atoms. The Kier molecular flexibility index (Phi) is 5.41. The Hall–Kier alpha value is -1.89. The molecular weight excluding hydrogens is 318 g/mol. The predicted molar refractivity (Wildman–Crippen MR) is 85.7 cm³/mol. The molecule has 0 N–H and O–H groups in total. The van der Waals surface area contributed by atoms with Gasteiger partial charge in [-0.3, -0.25) is 9.59 Å². The first-order valence-corrected chi connectivity index (χ1v) is 9.25. The lowest BCUT2D eigenvalue weighted by Crippen LogP contribution is -2.45. The molecule has 1 aromatic rings. The summed E-state index contributed by atoms with van der Waals surface area (Å²) in [5.74, 6) is -0.857. The van der Waals surface area contributed by atoms with E-state index >= 15 is 0 Å². The van der Waals surface area contributed by atoms with Crippen LogP contribution in [0.15, 0.2) is 24.3 Å². The summed E-state index contributed by atoms with van der Waals surface area (Å²) in [6.07, 6.45) is 0.493. The zero-order valence-corrected chi connectivity index (χ0v) is 14.1. The zero-order valence-electron chi connectivity index (χ0n) is 13.3. The van der Waals surface area contributed by atoms with Gasteiger partial charge in [0.2, 0.25) is 5.91 Å². The molecule has 0 saturated carbocycles. The van der Waals surface area contributed by atoms with Gasteiger partial charge in [-0.2, -0.15) is 0 Å². The topological polar surface area (TPSA) is 80.8 Å². The van der Waals surface area contributed by atoms with Crippen molar-refractivity contribution in [3.63, 3.8) is 0 Å². The number of methoxy groups -OCH3 is 1. The summed E-state index contributed by atoms with van der Waals surface area (Å²) in [5, 5.41) is 0. The summed E-state index contributed by atoms with van der Waals surface area (Å²) in [6.45, 7) is 1.74. The molecule has 126 valence electrons. The van der Waals surface area contributed by atoms with Crippen LogP contribution in [0.3, 0.4) is 0 Å². The highest BCUT2D eigenvalue weighted by molar-refractivity contribution is 7.91. The van der Waals surface area contributed by atoms with E-state index in [4.69, 9.17) is 0 Å². The Labute approximate surface area is 136 Å². The number of benzene rings is 1. The Morgan fingerprint density at radius 1 is 1.26 bits per heavy atom. The van der Waals surface area contributed by atoms with E-state index in [1.54, 1.807) is 0 Å². The molecule has 1 fully saturated rings. The van der Waals surface area contributed by atoms with Crippen LogP contribution in [0.5, 0.6) is 0 Å². The number of hydrogen-bond donors (Lipinski definition) is 0. The van der Waals surface area contributed by atoms with Crippen LogP contribution in [0, 0.1) is 6.92 Å². The van der Waals surface area contributed by atoms with E-state index in [9.17, 15) is 18.0 Å². The normalized spacial score (nSPS) is 19.3. The van der Waals surface area contributed by atoms with Gasteiger partial charge < -0.3 is 9.64 Å². The standard InChI is InChI=1S/C16H21NO5S/c1-12-3-5-13(6-4-12)9-15(18)17(10-16(19)22-2)14-7-8-23(20,21)11-14/h3-6,14H,7-11H2,1-2H3. The average molecular weight is 339 g/mol. The first-order chi connectivity index (χ1) is 10.8. The van der Waals surface area contributed by atoms with Crippen LogP contribution < -0.4 is 0 Å². The van der Waals surface area contributed by atoms with Gasteiger partial charge >= 0.3 is 5.97 Å². The van der Waals surface area contributed by atoms with Crippen molar-refractivity contribution in [2.75, 3.05) is 25.2 Å². The fourth-order valence-corrected chi connectivity index (χ4v) is 4.36. The van der Waals surface area contributed by atoms with Gasteiger partial charge in [-0.15, -0.1) is 0 Å². The molecule has 1 atom stereocenters. The summed E-state index contributed by atoms with van der Waals surface area (Å²) in [6, 6.07) is 7.07. The van der Waals surface area contributed by atoms with Crippen molar-refractivity contribution in [3.05, 3.63) is 35.4 Å². The first kappa shape index (κ1) is 17.5. The fourth-order valence-electron chi connectivity index (χ4n) is 2.63. The monoisotopic (exact) mass is 339 g/mol. The summed E-state index contributed by atoms with van der Waals surface area (Å²) in [4.78, 5) is 25.5. The van der Waals surface area contributed by atoms with E-state index in [2.05, 4.69) is 4.74 Å². The molecule has 1 aliphatic heterocycles.